The van der Waals surface area contributed by atoms with Crippen LogP contribution in [0, 0.1) is 13.8 Å². The summed E-state index contributed by atoms with van der Waals surface area (Å²) in [6.07, 6.45) is 3.26. The Kier molecular flexibility index (Phi) is 1.18. The van der Waals surface area contributed by atoms with Gasteiger partial charge in [-0.15, -0.1) is 0 Å². The van der Waals surface area contributed by atoms with E-state index in [-0.39, 0.29) is 0 Å². The number of furan rings is 1. The number of nitrogens with zero attached hydrogens (tertiary/aromatic N) is 2. The van der Waals surface area contributed by atoms with Gasteiger partial charge >= 0.3 is 0 Å². The fourth-order valence-corrected chi connectivity index (χ4v) is 1.07. The van der Waals surface area contributed by atoms with Crippen LogP contribution < -0.4 is 0 Å². The maximum atomic E-state index is 5.35. The molecule has 0 unspecified atom stereocenters. The Hall–Kier alpha value is -1.38. The van der Waals surface area contributed by atoms with Crippen LogP contribution in [0.5, 0.6) is 0 Å². The molecule has 2 aromatic heterocycles. The summed E-state index contributed by atoms with van der Waals surface area (Å²) in [7, 11) is 0. The van der Waals surface area contributed by atoms with Crippen molar-refractivity contribution in [2.24, 2.45) is 0 Å². The van der Waals surface area contributed by atoms with Crippen molar-refractivity contribution in [3.05, 3.63) is 23.8 Å². The van der Waals surface area contributed by atoms with Crippen molar-refractivity contribution in [3.63, 3.8) is 0 Å². The average molecular weight is 148 g/mol. The zero-order valence-corrected chi connectivity index (χ0v) is 6.46. The van der Waals surface area contributed by atoms with Crippen LogP contribution >= 0.6 is 0 Å². The van der Waals surface area contributed by atoms with Gasteiger partial charge in [0.15, 0.2) is 0 Å². The normalized spacial score (nSPS) is 10.7. The van der Waals surface area contributed by atoms with Crippen LogP contribution in [-0.2, 0) is 0 Å². The summed E-state index contributed by atoms with van der Waals surface area (Å²) in [5, 5.41) is 1.00. The molecule has 0 bridgehead atoms. The highest BCUT2D eigenvalue weighted by Crippen LogP contribution is 2.20. The zero-order chi connectivity index (χ0) is 7.84. The Balaban J connectivity index is 2.92. The number of hydrogen-bond acceptors (Lipinski definition) is 3. The zero-order valence-electron chi connectivity index (χ0n) is 6.46. The van der Waals surface area contributed by atoms with Gasteiger partial charge in [-0.3, -0.25) is 0 Å². The van der Waals surface area contributed by atoms with E-state index in [1.165, 1.54) is 6.33 Å². The highest BCUT2D eigenvalue weighted by atomic mass is 16.3. The number of aryl methyl sites for hydroxylation is 2. The first-order chi connectivity index (χ1) is 5.29. The van der Waals surface area contributed by atoms with E-state index in [9.17, 15) is 0 Å². The molecule has 0 aliphatic rings. The molecule has 0 amide bonds. The molecule has 2 aromatic rings. The predicted octanol–water partition coefficient (Wildman–Crippen LogP) is 1.84. The van der Waals surface area contributed by atoms with Crippen LogP contribution in [0.4, 0.5) is 0 Å². The fourth-order valence-electron chi connectivity index (χ4n) is 1.07. The highest BCUT2D eigenvalue weighted by Gasteiger charge is 2.05. The Morgan fingerprint density at radius 2 is 2.18 bits per heavy atom. The number of hydrogen-bond donors (Lipinski definition) is 0. The standard InChI is InChI=1S/C8H8N2O/c1-5-6(2)11-8-7(5)3-9-4-10-8/h3-4H,1-2H3. The first kappa shape index (κ1) is 6.34. The van der Waals surface area contributed by atoms with E-state index < -0.39 is 0 Å². The van der Waals surface area contributed by atoms with Crippen molar-refractivity contribution in [1.29, 1.82) is 0 Å². The summed E-state index contributed by atoms with van der Waals surface area (Å²) in [4.78, 5) is 7.90. The third kappa shape index (κ3) is 0.808. The minimum atomic E-state index is 0.676. The molecule has 0 atom stereocenters. The Labute approximate surface area is 64.1 Å². The smallest absolute Gasteiger partial charge is 0.229 e. The van der Waals surface area contributed by atoms with Crippen LogP contribution in [0.3, 0.4) is 0 Å². The summed E-state index contributed by atoms with van der Waals surface area (Å²) in [6.45, 7) is 3.93. The molecule has 0 aromatic carbocycles. The van der Waals surface area contributed by atoms with Gasteiger partial charge in [0.2, 0.25) is 5.71 Å². The van der Waals surface area contributed by atoms with Crippen molar-refractivity contribution in [1.82, 2.24) is 9.97 Å². The van der Waals surface area contributed by atoms with E-state index in [2.05, 4.69) is 9.97 Å². The predicted molar refractivity (Wildman–Crippen MR) is 41.3 cm³/mol. The van der Waals surface area contributed by atoms with E-state index in [1.807, 2.05) is 13.8 Å². The SMILES string of the molecule is Cc1oc2ncncc2c1C. The van der Waals surface area contributed by atoms with Crippen molar-refractivity contribution >= 4 is 11.1 Å². The van der Waals surface area contributed by atoms with E-state index in [0.29, 0.717) is 5.71 Å². The van der Waals surface area contributed by atoms with Crippen molar-refractivity contribution in [3.8, 4) is 0 Å². The minimum Gasteiger partial charge on any atom is -0.443 e. The van der Waals surface area contributed by atoms with Crippen LogP contribution in [0.25, 0.3) is 11.1 Å². The van der Waals surface area contributed by atoms with Crippen LogP contribution in [0.1, 0.15) is 11.3 Å². The Morgan fingerprint density at radius 1 is 1.36 bits per heavy atom. The second-order valence-electron chi connectivity index (χ2n) is 2.52. The topological polar surface area (TPSA) is 38.9 Å². The molecule has 0 radical (unpaired) electrons. The Morgan fingerprint density at radius 3 is 2.91 bits per heavy atom. The molecule has 0 aliphatic heterocycles. The van der Waals surface area contributed by atoms with E-state index >= 15 is 0 Å². The lowest BCUT2D eigenvalue weighted by atomic mass is 10.2. The van der Waals surface area contributed by atoms with Gasteiger partial charge in [0, 0.05) is 11.8 Å². The second-order valence-corrected chi connectivity index (χ2v) is 2.52. The van der Waals surface area contributed by atoms with Gasteiger partial charge in [0.25, 0.3) is 0 Å². The largest absolute Gasteiger partial charge is 0.443 e. The van der Waals surface area contributed by atoms with Crippen LogP contribution in [0.15, 0.2) is 16.9 Å². The first-order valence-corrected chi connectivity index (χ1v) is 3.45. The summed E-state index contributed by atoms with van der Waals surface area (Å²) in [6, 6.07) is 0. The molecule has 11 heavy (non-hydrogen) atoms. The third-order valence-electron chi connectivity index (χ3n) is 1.86. The molecule has 56 valence electrons. The molecule has 2 heterocycles. The molecule has 0 fully saturated rings. The van der Waals surface area contributed by atoms with Crippen LogP contribution in [0.2, 0.25) is 0 Å². The molecule has 0 saturated carbocycles. The molecule has 3 nitrogen and oxygen atoms in total. The summed E-state index contributed by atoms with van der Waals surface area (Å²) >= 11 is 0. The quantitative estimate of drug-likeness (QED) is 0.572. The molecule has 0 aliphatic carbocycles. The minimum absolute atomic E-state index is 0.676. The van der Waals surface area contributed by atoms with Gasteiger partial charge in [0.1, 0.15) is 12.1 Å². The van der Waals surface area contributed by atoms with E-state index in [4.69, 9.17) is 4.42 Å². The van der Waals surface area contributed by atoms with Crippen molar-refractivity contribution in [2.75, 3.05) is 0 Å². The average Bonchev–Trinajstić information content (AvgIpc) is 2.30. The number of fused-ring (bicyclic) bond motifs is 1. The fraction of sp³-hybridized carbons (Fsp3) is 0.250. The highest BCUT2D eigenvalue weighted by molar-refractivity contribution is 5.77. The molecule has 3 heteroatoms. The van der Waals surface area contributed by atoms with Crippen molar-refractivity contribution < 1.29 is 4.42 Å². The van der Waals surface area contributed by atoms with Gasteiger partial charge < -0.3 is 4.42 Å². The molecule has 0 saturated heterocycles. The van der Waals surface area contributed by atoms with E-state index in [1.54, 1.807) is 6.20 Å². The van der Waals surface area contributed by atoms with Gasteiger partial charge in [-0.1, -0.05) is 0 Å². The van der Waals surface area contributed by atoms with Gasteiger partial charge in [0.05, 0.1) is 5.39 Å². The number of aromatic nitrogens is 2. The molecular weight excluding hydrogens is 140 g/mol. The second kappa shape index (κ2) is 2.05. The van der Waals surface area contributed by atoms with Crippen molar-refractivity contribution in [2.45, 2.75) is 13.8 Å². The number of rotatable bonds is 0. The Bertz CT molecular complexity index is 392. The lowest BCUT2D eigenvalue weighted by Crippen LogP contribution is -1.75. The van der Waals surface area contributed by atoms with Crippen LogP contribution in [-0.4, -0.2) is 9.97 Å². The first-order valence-electron chi connectivity index (χ1n) is 3.45. The maximum absolute atomic E-state index is 5.35. The summed E-state index contributed by atoms with van der Waals surface area (Å²) in [5.74, 6) is 0.917. The molecular formula is C8H8N2O. The van der Waals surface area contributed by atoms with Gasteiger partial charge in [-0.05, 0) is 13.8 Å². The summed E-state index contributed by atoms with van der Waals surface area (Å²) < 4.78 is 5.35. The molecule has 2 rings (SSSR count). The maximum Gasteiger partial charge on any atom is 0.229 e. The lowest BCUT2D eigenvalue weighted by molar-refractivity contribution is 0.564. The van der Waals surface area contributed by atoms with E-state index in [0.717, 1.165) is 16.7 Å². The third-order valence-corrected chi connectivity index (χ3v) is 1.86. The monoisotopic (exact) mass is 148 g/mol. The summed E-state index contributed by atoms with van der Waals surface area (Å²) in [5.41, 5.74) is 1.80. The lowest BCUT2D eigenvalue weighted by Gasteiger charge is -1.83. The molecule has 0 spiro atoms. The van der Waals surface area contributed by atoms with Gasteiger partial charge in [-0.2, -0.15) is 0 Å². The molecule has 0 N–H and O–H groups in total. The van der Waals surface area contributed by atoms with Gasteiger partial charge in [-0.25, -0.2) is 9.97 Å².